The maximum atomic E-state index is 12.2. The van der Waals surface area contributed by atoms with Crippen molar-refractivity contribution in [3.05, 3.63) is 29.3 Å². The second-order valence-electron chi connectivity index (χ2n) is 4.60. The molecule has 1 aromatic rings. The second-order valence-corrected chi connectivity index (χ2v) is 5.51. The van der Waals surface area contributed by atoms with Crippen molar-refractivity contribution in [2.45, 2.75) is 31.2 Å². The van der Waals surface area contributed by atoms with E-state index in [0.717, 1.165) is 15.7 Å². The van der Waals surface area contributed by atoms with Gasteiger partial charge in [0, 0.05) is 12.0 Å². The third-order valence-electron chi connectivity index (χ3n) is 3.35. The Morgan fingerprint density at radius 2 is 2.16 bits per heavy atom. The van der Waals surface area contributed by atoms with Crippen LogP contribution in [0.4, 0.5) is 13.2 Å². The van der Waals surface area contributed by atoms with Gasteiger partial charge >= 0.3 is 6.36 Å². The molecule has 102 valence electrons. The van der Waals surface area contributed by atoms with E-state index in [1.165, 1.54) is 12.1 Å². The van der Waals surface area contributed by atoms with Gasteiger partial charge < -0.3 is 9.57 Å². The smallest absolute Gasteiger partial charge is 0.406 e. The summed E-state index contributed by atoms with van der Waals surface area (Å²) in [5, 5.41) is 3.87. The predicted octanol–water partition coefficient (Wildman–Crippen LogP) is 3.86. The van der Waals surface area contributed by atoms with Crippen LogP contribution in [0.5, 0.6) is 5.75 Å². The lowest BCUT2D eigenvalue weighted by Gasteiger charge is -2.21. The van der Waals surface area contributed by atoms with Crippen LogP contribution in [0.2, 0.25) is 0 Å². The first-order valence-corrected chi connectivity index (χ1v) is 6.47. The minimum atomic E-state index is -4.67. The van der Waals surface area contributed by atoms with Gasteiger partial charge in [-0.2, -0.15) is 0 Å². The molecule has 3 nitrogen and oxygen atoms in total. The first-order valence-electron chi connectivity index (χ1n) is 5.68. The largest absolute Gasteiger partial charge is 0.573 e. The monoisotopic (exact) mass is 335 g/mol. The minimum absolute atomic E-state index is 0.193. The van der Waals surface area contributed by atoms with Gasteiger partial charge in [-0.15, -0.1) is 13.2 Å². The first kappa shape index (κ1) is 12.8. The standard InChI is InChI=1S/C12H9BrF3NO2/c13-10-6-11(19-17-10)4-3-7-5-8(1-2-9(7)11)18-12(14,15)16/h1-2,5H,3-4,6H2/t11-/m0/s1. The summed E-state index contributed by atoms with van der Waals surface area (Å²) in [5.74, 6) is -0.193. The summed E-state index contributed by atoms with van der Waals surface area (Å²) in [6, 6.07) is 4.37. The van der Waals surface area contributed by atoms with Crippen molar-refractivity contribution < 1.29 is 22.7 Å². The summed E-state index contributed by atoms with van der Waals surface area (Å²) in [6.45, 7) is 0. The molecule has 3 rings (SSSR count). The van der Waals surface area contributed by atoms with Gasteiger partial charge in [0.1, 0.15) is 10.4 Å². The van der Waals surface area contributed by atoms with Gasteiger partial charge in [0.25, 0.3) is 0 Å². The van der Waals surface area contributed by atoms with Crippen molar-refractivity contribution in [2.24, 2.45) is 5.16 Å². The normalized spacial score (nSPS) is 25.2. The summed E-state index contributed by atoms with van der Waals surface area (Å²) in [6.07, 6.45) is -2.70. The van der Waals surface area contributed by atoms with Crippen LogP contribution in [0.1, 0.15) is 24.0 Å². The number of alkyl halides is 3. The maximum absolute atomic E-state index is 12.2. The summed E-state index contributed by atoms with van der Waals surface area (Å²) in [4.78, 5) is 5.46. The Balaban J connectivity index is 1.89. The number of aryl methyl sites for hydroxylation is 1. The van der Waals surface area contributed by atoms with Crippen LogP contribution >= 0.6 is 15.9 Å². The highest BCUT2D eigenvalue weighted by Crippen LogP contribution is 2.47. The number of hydrogen-bond acceptors (Lipinski definition) is 3. The molecule has 1 atom stereocenters. The number of halogens is 4. The van der Waals surface area contributed by atoms with E-state index in [1.54, 1.807) is 6.07 Å². The van der Waals surface area contributed by atoms with Gasteiger partial charge in [0.15, 0.2) is 5.60 Å². The van der Waals surface area contributed by atoms with Crippen molar-refractivity contribution in [3.63, 3.8) is 0 Å². The number of fused-ring (bicyclic) bond motifs is 2. The van der Waals surface area contributed by atoms with Gasteiger partial charge in [0.2, 0.25) is 0 Å². The summed E-state index contributed by atoms with van der Waals surface area (Å²) in [7, 11) is 0. The molecule has 2 aliphatic rings. The molecule has 0 saturated carbocycles. The molecule has 0 bridgehead atoms. The number of oxime groups is 1. The molecule has 0 radical (unpaired) electrons. The molecule has 1 heterocycles. The molecular weight excluding hydrogens is 327 g/mol. The van der Waals surface area contributed by atoms with E-state index in [9.17, 15) is 13.2 Å². The minimum Gasteiger partial charge on any atom is -0.406 e. The van der Waals surface area contributed by atoms with Gasteiger partial charge in [0.05, 0.1) is 0 Å². The molecule has 0 amide bonds. The number of benzene rings is 1. The molecule has 0 fully saturated rings. The fraction of sp³-hybridized carbons (Fsp3) is 0.417. The Morgan fingerprint density at radius 1 is 1.37 bits per heavy atom. The second kappa shape index (κ2) is 4.13. The molecule has 0 aromatic heterocycles. The van der Waals surface area contributed by atoms with E-state index in [1.807, 2.05) is 0 Å². The molecular formula is C12H9BrF3NO2. The Morgan fingerprint density at radius 3 is 2.79 bits per heavy atom. The van der Waals surface area contributed by atoms with Crippen molar-refractivity contribution in [1.82, 2.24) is 0 Å². The van der Waals surface area contributed by atoms with Crippen molar-refractivity contribution in [3.8, 4) is 5.75 Å². The molecule has 1 aliphatic heterocycles. The molecule has 0 unspecified atom stereocenters. The Kier molecular flexibility index (Phi) is 2.78. The third kappa shape index (κ3) is 2.31. The quantitative estimate of drug-likeness (QED) is 0.780. The zero-order valence-corrected chi connectivity index (χ0v) is 11.2. The van der Waals surface area contributed by atoms with Gasteiger partial charge in [-0.3, -0.25) is 0 Å². The van der Waals surface area contributed by atoms with Crippen LogP contribution in [-0.2, 0) is 16.9 Å². The van der Waals surface area contributed by atoms with Crippen molar-refractivity contribution >= 4 is 20.6 Å². The van der Waals surface area contributed by atoms with Gasteiger partial charge in [-0.25, -0.2) is 0 Å². The maximum Gasteiger partial charge on any atom is 0.573 e. The lowest BCUT2D eigenvalue weighted by atomic mass is 9.93. The van der Waals surface area contributed by atoms with E-state index in [-0.39, 0.29) is 5.75 Å². The highest BCUT2D eigenvalue weighted by molar-refractivity contribution is 9.18. The van der Waals surface area contributed by atoms with Crippen LogP contribution < -0.4 is 4.74 Å². The number of nitrogens with zero attached hydrogens (tertiary/aromatic N) is 1. The highest BCUT2D eigenvalue weighted by Gasteiger charge is 2.45. The Bertz CT molecular complexity index is 558. The topological polar surface area (TPSA) is 30.8 Å². The fourth-order valence-corrected chi connectivity index (χ4v) is 3.13. The number of rotatable bonds is 1. The van der Waals surface area contributed by atoms with Gasteiger partial charge in [-0.1, -0.05) is 11.2 Å². The van der Waals surface area contributed by atoms with E-state index < -0.39 is 12.0 Å². The van der Waals surface area contributed by atoms with Crippen LogP contribution in [0.25, 0.3) is 0 Å². The lowest BCUT2D eigenvalue weighted by Crippen LogP contribution is -2.22. The number of hydrogen-bond donors (Lipinski definition) is 0. The molecule has 1 spiro atoms. The molecule has 1 aliphatic carbocycles. The van der Waals surface area contributed by atoms with Gasteiger partial charge in [-0.05, 0) is 46.5 Å². The average Bonchev–Trinajstić information content (AvgIpc) is 2.83. The van der Waals surface area contributed by atoms with Crippen LogP contribution in [0.15, 0.2) is 23.4 Å². The van der Waals surface area contributed by atoms with Crippen LogP contribution in [0, 0.1) is 0 Å². The fourth-order valence-electron chi connectivity index (χ4n) is 2.61. The van der Waals surface area contributed by atoms with Crippen LogP contribution in [-0.4, -0.2) is 11.0 Å². The van der Waals surface area contributed by atoms with Crippen molar-refractivity contribution in [1.29, 1.82) is 0 Å². The first-order chi connectivity index (χ1) is 8.88. The lowest BCUT2D eigenvalue weighted by molar-refractivity contribution is -0.274. The predicted molar refractivity (Wildman–Crippen MR) is 65.2 cm³/mol. The van der Waals surface area contributed by atoms with Crippen molar-refractivity contribution in [2.75, 3.05) is 0 Å². The molecule has 0 N–H and O–H groups in total. The zero-order chi connectivity index (χ0) is 13.7. The molecule has 1 aromatic carbocycles. The van der Waals surface area contributed by atoms with E-state index in [4.69, 9.17) is 4.84 Å². The van der Waals surface area contributed by atoms with E-state index in [0.29, 0.717) is 19.3 Å². The number of ether oxygens (including phenoxy) is 1. The summed E-state index contributed by atoms with van der Waals surface area (Å²) < 4.78 is 41.1. The Hall–Kier alpha value is -1.24. The van der Waals surface area contributed by atoms with Crippen LogP contribution in [0.3, 0.4) is 0 Å². The molecule has 7 heteroatoms. The third-order valence-corrected chi connectivity index (χ3v) is 3.78. The SMILES string of the molecule is FC(F)(F)Oc1ccc2c(c1)CC[C@]21CC(Br)=NO1. The zero-order valence-electron chi connectivity index (χ0n) is 9.63. The van der Waals surface area contributed by atoms with E-state index >= 15 is 0 Å². The highest BCUT2D eigenvalue weighted by atomic mass is 79.9. The Labute approximate surface area is 115 Å². The average molecular weight is 336 g/mol. The summed E-state index contributed by atoms with van der Waals surface area (Å²) in [5.41, 5.74) is 1.18. The molecule has 19 heavy (non-hydrogen) atoms. The molecule has 0 saturated heterocycles. The van der Waals surface area contributed by atoms with E-state index in [2.05, 4.69) is 25.8 Å². The summed E-state index contributed by atoms with van der Waals surface area (Å²) >= 11 is 3.28.